The van der Waals surface area contributed by atoms with Crippen molar-refractivity contribution in [1.29, 1.82) is 0 Å². The molecule has 1 amide bonds. The minimum atomic E-state index is -0.766. The van der Waals surface area contributed by atoms with Crippen LogP contribution in [0.3, 0.4) is 0 Å². The number of hydrogen-bond acceptors (Lipinski definition) is 5. The molecule has 0 saturated carbocycles. The number of esters is 1. The predicted octanol–water partition coefficient (Wildman–Crippen LogP) is 1.59. The molecule has 6 nitrogen and oxygen atoms in total. The van der Waals surface area contributed by atoms with Crippen molar-refractivity contribution in [3.05, 3.63) is 28.8 Å². The number of methoxy groups -OCH3 is 2. The standard InChI is InChI=1S/C16H20ClNO5/c1-21-14-4-3-10(7-12(14)17)8-13(16(20)22-2)18-15(19)11-5-6-23-9-11/h3-4,7,11,13H,5-6,8-9H2,1-2H3,(H,18,19)/t11-,13-/m1/s1. The number of halogens is 1. The van der Waals surface area contributed by atoms with Crippen molar-refractivity contribution in [3.63, 3.8) is 0 Å². The maximum absolute atomic E-state index is 12.2. The second-order valence-corrected chi connectivity index (χ2v) is 5.73. The van der Waals surface area contributed by atoms with Crippen molar-refractivity contribution in [2.75, 3.05) is 27.4 Å². The fourth-order valence-corrected chi connectivity index (χ4v) is 2.72. The number of carbonyl (C=O) groups is 2. The van der Waals surface area contributed by atoms with Gasteiger partial charge in [-0.05, 0) is 24.1 Å². The second-order valence-electron chi connectivity index (χ2n) is 5.32. The Morgan fingerprint density at radius 1 is 1.43 bits per heavy atom. The van der Waals surface area contributed by atoms with Gasteiger partial charge < -0.3 is 19.5 Å². The molecule has 0 spiro atoms. The Kier molecular flexibility index (Phi) is 6.24. The molecule has 0 unspecified atom stereocenters. The van der Waals surface area contributed by atoms with E-state index < -0.39 is 12.0 Å². The number of carbonyl (C=O) groups excluding carboxylic acids is 2. The van der Waals surface area contributed by atoms with E-state index in [0.717, 1.165) is 5.56 Å². The van der Waals surface area contributed by atoms with Crippen LogP contribution < -0.4 is 10.1 Å². The van der Waals surface area contributed by atoms with Crippen LogP contribution in [0.4, 0.5) is 0 Å². The van der Waals surface area contributed by atoms with Crippen molar-refractivity contribution in [2.24, 2.45) is 5.92 Å². The Balaban J connectivity index is 2.07. The topological polar surface area (TPSA) is 73.9 Å². The zero-order valence-electron chi connectivity index (χ0n) is 13.1. The molecule has 0 aromatic heterocycles. The molecule has 0 bridgehead atoms. The molecule has 1 aliphatic heterocycles. The number of hydrogen-bond donors (Lipinski definition) is 1. The summed E-state index contributed by atoms with van der Waals surface area (Å²) in [4.78, 5) is 24.1. The molecular weight excluding hydrogens is 322 g/mol. The van der Waals surface area contributed by atoms with Crippen molar-refractivity contribution in [3.8, 4) is 5.75 Å². The third-order valence-corrected chi connectivity index (χ3v) is 4.05. The summed E-state index contributed by atoms with van der Waals surface area (Å²) in [5, 5.41) is 3.19. The van der Waals surface area contributed by atoms with Gasteiger partial charge in [0.2, 0.25) is 5.91 Å². The van der Waals surface area contributed by atoms with Gasteiger partial charge in [-0.25, -0.2) is 4.79 Å². The molecule has 0 radical (unpaired) electrons. The van der Waals surface area contributed by atoms with Gasteiger partial charge in [0.15, 0.2) is 0 Å². The molecule has 1 saturated heterocycles. The third kappa shape index (κ3) is 4.59. The molecule has 2 rings (SSSR count). The van der Waals surface area contributed by atoms with Gasteiger partial charge in [-0.1, -0.05) is 17.7 Å². The number of rotatable bonds is 6. The molecule has 2 atom stereocenters. The van der Waals surface area contributed by atoms with E-state index in [1.165, 1.54) is 14.2 Å². The SMILES string of the molecule is COC(=O)[C@@H](Cc1ccc(OC)c(Cl)c1)NC(=O)[C@@H]1CCOC1. The third-order valence-electron chi connectivity index (χ3n) is 3.76. The summed E-state index contributed by atoms with van der Waals surface area (Å²) < 4.78 is 15.1. The van der Waals surface area contributed by atoms with Crippen LogP contribution >= 0.6 is 11.6 Å². The lowest BCUT2D eigenvalue weighted by atomic mass is 10.0. The summed E-state index contributed by atoms with van der Waals surface area (Å²) >= 11 is 6.09. The Morgan fingerprint density at radius 2 is 2.22 bits per heavy atom. The van der Waals surface area contributed by atoms with Crippen LogP contribution in [0, 0.1) is 5.92 Å². The predicted molar refractivity (Wildman–Crippen MR) is 84.6 cm³/mol. The smallest absolute Gasteiger partial charge is 0.328 e. The fraction of sp³-hybridized carbons (Fsp3) is 0.500. The molecular formula is C16H20ClNO5. The lowest BCUT2D eigenvalue weighted by molar-refractivity contribution is -0.145. The highest BCUT2D eigenvalue weighted by Crippen LogP contribution is 2.25. The van der Waals surface area contributed by atoms with E-state index in [4.69, 9.17) is 25.8 Å². The first kappa shape index (κ1) is 17.6. The molecule has 1 aromatic carbocycles. The summed E-state index contributed by atoms with van der Waals surface area (Å²) in [6, 6.07) is 4.46. The minimum absolute atomic E-state index is 0.197. The van der Waals surface area contributed by atoms with E-state index >= 15 is 0 Å². The van der Waals surface area contributed by atoms with Gasteiger partial charge in [-0.15, -0.1) is 0 Å². The molecule has 7 heteroatoms. The van der Waals surface area contributed by atoms with E-state index in [1.807, 2.05) is 0 Å². The van der Waals surface area contributed by atoms with Crippen LogP contribution in [0.15, 0.2) is 18.2 Å². The fourth-order valence-electron chi connectivity index (χ4n) is 2.44. The Hall–Kier alpha value is -1.79. The van der Waals surface area contributed by atoms with Crippen molar-refractivity contribution < 1.29 is 23.8 Å². The van der Waals surface area contributed by atoms with E-state index in [-0.39, 0.29) is 18.2 Å². The lowest BCUT2D eigenvalue weighted by Gasteiger charge is -2.19. The maximum atomic E-state index is 12.2. The summed E-state index contributed by atoms with van der Waals surface area (Å²) in [5.74, 6) is -0.361. The quantitative estimate of drug-likeness (QED) is 0.795. The average molecular weight is 342 g/mol. The van der Waals surface area contributed by atoms with Gasteiger partial charge in [0.25, 0.3) is 0 Å². The molecule has 126 valence electrons. The lowest BCUT2D eigenvalue weighted by Crippen LogP contribution is -2.45. The second kappa shape index (κ2) is 8.17. The van der Waals surface area contributed by atoms with Crippen LogP contribution in [0.1, 0.15) is 12.0 Å². The number of benzene rings is 1. The van der Waals surface area contributed by atoms with Crippen LogP contribution in [-0.4, -0.2) is 45.4 Å². The summed E-state index contributed by atoms with van der Waals surface area (Å²) in [6.45, 7) is 0.948. The Labute approximate surface area is 140 Å². The molecule has 1 fully saturated rings. The highest BCUT2D eigenvalue weighted by molar-refractivity contribution is 6.32. The molecule has 1 heterocycles. The first-order chi connectivity index (χ1) is 11.0. The van der Waals surface area contributed by atoms with E-state index in [1.54, 1.807) is 18.2 Å². The summed E-state index contributed by atoms with van der Waals surface area (Å²) in [7, 11) is 2.82. The first-order valence-corrected chi connectivity index (χ1v) is 7.71. The highest BCUT2D eigenvalue weighted by atomic mass is 35.5. The van der Waals surface area contributed by atoms with Crippen molar-refractivity contribution in [1.82, 2.24) is 5.32 Å². The molecule has 23 heavy (non-hydrogen) atoms. The summed E-state index contributed by atoms with van der Waals surface area (Å²) in [5.41, 5.74) is 0.800. The summed E-state index contributed by atoms with van der Waals surface area (Å²) in [6.07, 6.45) is 0.948. The van der Waals surface area contributed by atoms with Crippen LogP contribution in [0.25, 0.3) is 0 Å². The van der Waals surface area contributed by atoms with Crippen molar-refractivity contribution >= 4 is 23.5 Å². The molecule has 1 aliphatic rings. The zero-order chi connectivity index (χ0) is 16.8. The van der Waals surface area contributed by atoms with Gasteiger partial charge in [0.1, 0.15) is 11.8 Å². The van der Waals surface area contributed by atoms with Gasteiger partial charge >= 0.3 is 5.97 Å². The van der Waals surface area contributed by atoms with E-state index in [0.29, 0.717) is 30.4 Å². The molecule has 1 N–H and O–H groups in total. The normalized spacial score (nSPS) is 18.3. The van der Waals surface area contributed by atoms with E-state index in [9.17, 15) is 9.59 Å². The molecule has 0 aliphatic carbocycles. The number of amides is 1. The maximum Gasteiger partial charge on any atom is 0.328 e. The Bertz CT molecular complexity index is 572. The van der Waals surface area contributed by atoms with Crippen molar-refractivity contribution in [2.45, 2.75) is 18.9 Å². The van der Waals surface area contributed by atoms with Crippen LogP contribution in [0.5, 0.6) is 5.75 Å². The average Bonchev–Trinajstić information content (AvgIpc) is 3.08. The monoisotopic (exact) mass is 341 g/mol. The van der Waals surface area contributed by atoms with Crippen LogP contribution in [0.2, 0.25) is 5.02 Å². The van der Waals surface area contributed by atoms with Gasteiger partial charge in [0, 0.05) is 13.0 Å². The molecule has 1 aromatic rings. The number of nitrogens with one attached hydrogen (secondary N) is 1. The largest absolute Gasteiger partial charge is 0.495 e. The first-order valence-electron chi connectivity index (χ1n) is 7.33. The van der Waals surface area contributed by atoms with Gasteiger partial charge in [-0.3, -0.25) is 4.79 Å². The van der Waals surface area contributed by atoms with Gasteiger partial charge in [0.05, 0.1) is 31.8 Å². The van der Waals surface area contributed by atoms with Crippen LogP contribution in [-0.2, 0) is 25.5 Å². The van der Waals surface area contributed by atoms with E-state index in [2.05, 4.69) is 5.32 Å². The minimum Gasteiger partial charge on any atom is -0.495 e. The Morgan fingerprint density at radius 3 is 2.78 bits per heavy atom. The zero-order valence-corrected chi connectivity index (χ0v) is 13.9. The van der Waals surface area contributed by atoms with Gasteiger partial charge in [-0.2, -0.15) is 0 Å². The highest BCUT2D eigenvalue weighted by Gasteiger charge is 2.28. The number of ether oxygens (including phenoxy) is 3.